The lowest BCUT2D eigenvalue weighted by Gasteiger charge is -2.42. The van der Waals surface area contributed by atoms with Crippen molar-refractivity contribution in [1.82, 2.24) is 4.90 Å². The molecule has 0 saturated carbocycles. The van der Waals surface area contributed by atoms with Gasteiger partial charge in [-0.3, -0.25) is 0 Å². The summed E-state index contributed by atoms with van der Waals surface area (Å²) in [7, 11) is 0. The maximum atomic E-state index is 13.6. The Bertz CT molecular complexity index is 751. The van der Waals surface area contributed by atoms with Gasteiger partial charge in [-0.2, -0.15) is 0 Å². The van der Waals surface area contributed by atoms with Crippen LogP contribution in [0.4, 0.5) is 4.39 Å². The molecular formula is C23H30FN. The van der Waals surface area contributed by atoms with Gasteiger partial charge in [0.15, 0.2) is 0 Å². The Kier molecular flexibility index (Phi) is 4.90. The summed E-state index contributed by atoms with van der Waals surface area (Å²) < 4.78 is 13.6. The second-order valence-corrected chi connectivity index (χ2v) is 8.10. The van der Waals surface area contributed by atoms with Crippen LogP contribution in [0.2, 0.25) is 0 Å². The van der Waals surface area contributed by atoms with Crippen molar-refractivity contribution >= 4 is 0 Å². The fourth-order valence-electron chi connectivity index (χ4n) is 4.51. The van der Waals surface area contributed by atoms with Crippen LogP contribution in [0.3, 0.4) is 0 Å². The van der Waals surface area contributed by atoms with E-state index in [2.05, 4.69) is 51.7 Å². The van der Waals surface area contributed by atoms with Gasteiger partial charge in [-0.25, -0.2) is 4.39 Å². The lowest BCUT2D eigenvalue weighted by atomic mass is 9.73. The molecule has 2 heteroatoms. The average Bonchev–Trinajstić information content (AvgIpc) is 2.67. The summed E-state index contributed by atoms with van der Waals surface area (Å²) in [5.74, 6) is 0.320. The van der Waals surface area contributed by atoms with Crippen LogP contribution in [0.25, 0.3) is 0 Å². The third-order valence-corrected chi connectivity index (χ3v) is 5.87. The van der Waals surface area contributed by atoms with Crippen LogP contribution < -0.4 is 0 Å². The Morgan fingerprint density at radius 2 is 2.04 bits per heavy atom. The van der Waals surface area contributed by atoms with Gasteiger partial charge in [-0.1, -0.05) is 51.5 Å². The maximum Gasteiger partial charge on any atom is 0.123 e. The van der Waals surface area contributed by atoms with E-state index < -0.39 is 0 Å². The summed E-state index contributed by atoms with van der Waals surface area (Å²) in [6.45, 7) is 13.3. The molecule has 25 heavy (non-hydrogen) atoms. The van der Waals surface area contributed by atoms with Crippen molar-refractivity contribution in [2.24, 2.45) is 11.3 Å². The SMILES string of the molecule is CCC1=C(C)C2=C(C=CC1C)N(Cc1cccc(F)c1)CCC2(C)C. The number of nitrogens with zero attached hydrogens (tertiary/aromatic N) is 1. The highest BCUT2D eigenvalue weighted by Gasteiger charge is 2.35. The minimum absolute atomic E-state index is 0.154. The second kappa shape index (κ2) is 6.82. The van der Waals surface area contributed by atoms with Crippen molar-refractivity contribution in [2.75, 3.05) is 6.54 Å². The number of allylic oxidation sites excluding steroid dienone is 5. The van der Waals surface area contributed by atoms with Gasteiger partial charge in [0.05, 0.1) is 0 Å². The minimum atomic E-state index is -0.154. The number of benzene rings is 1. The summed E-state index contributed by atoms with van der Waals surface area (Å²) in [6, 6.07) is 7.00. The van der Waals surface area contributed by atoms with E-state index in [0.29, 0.717) is 5.92 Å². The van der Waals surface area contributed by atoms with Crippen molar-refractivity contribution in [3.8, 4) is 0 Å². The lowest BCUT2D eigenvalue weighted by molar-refractivity contribution is 0.242. The predicted octanol–water partition coefficient (Wildman–Crippen LogP) is 6.24. The van der Waals surface area contributed by atoms with Crippen molar-refractivity contribution in [1.29, 1.82) is 0 Å². The van der Waals surface area contributed by atoms with Crippen LogP contribution in [0.5, 0.6) is 0 Å². The molecule has 1 aromatic rings. The molecule has 0 bridgehead atoms. The fraction of sp³-hybridized carbons (Fsp3) is 0.478. The van der Waals surface area contributed by atoms with Gasteiger partial charge in [0.2, 0.25) is 0 Å². The number of hydrogen-bond acceptors (Lipinski definition) is 1. The zero-order valence-electron chi connectivity index (χ0n) is 16.2. The molecule has 1 unspecified atom stereocenters. The summed E-state index contributed by atoms with van der Waals surface area (Å²) in [5, 5.41) is 0. The first-order chi connectivity index (χ1) is 11.8. The molecule has 1 nitrogen and oxygen atoms in total. The summed E-state index contributed by atoms with van der Waals surface area (Å²) in [4.78, 5) is 2.43. The zero-order valence-corrected chi connectivity index (χ0v) is 16.2. The molecular weight excluding hydrogens is 309 g/mol. The molecule has 1 aliphatic heterocycles. The van der Waals surface area contributed by atoms with Gasteiger partial charge >= 0.3 is 0 Å². The van der Waals surface area contributed by atoms with Crippen LogP contribution in [0.15, 0.2) is 58.8 Å². The van der Waals surface area contributed by atoms with E-state index in [1.165, 1.54) is 22.9 Å². The second-order valence-electron chi connectivity index (χ2n) is 8.10. The van der Waals surface area contributed by atoms with Crippen LogP contribution in [0, 0.1) is 17.2 Å². The minimum Gasteiger partial charge on any atom is -0.367 e. The third-order valence-electron chi connectivity index (χ3n) is 5.87. The van der Waals surface area contributed by atoms with E-state index in [-0.39, 0.29) is 11.2 Å². The normalized spacial score (nSPS) is 23.0. The van der Waals surface area contributed by atoms with Crippen LogP contribution in [-0.4, -0.2) is 11.4 Å². The van der Waals surface area contributed by atoms with Crippen molar-refractivity contribution < 1.29 is 4.39 Å². The molecule has 0 amide bonds. The molecule has 2 aliphatic rings. The van der Waals surface area contributed by atoms with Gasteiger partial charge in [-0.15, -0.1) is 0 Å². The van der Waals surface area contributed by atoms with E-state index >= 15 is 0 Å². The molecule has 0 N–H and O–H groups in total. The monoisotopic (exact) mass is 339 g/mol. The Hall–Kier alpha value is -1.83. The highest BCUT2D eigenvalue weighted by atomic mass is 19.1. The van der Waals surface area contributed by atoms with Crippen LogP contribution >= 0.6 is 0 Å². The molecule has 1 aliphatic carbocycles. The van der Waals surface area contributed by atoms with Crippen molar-refractivity contribution in [2.45, 2.75) is 54.0 Å². The van der Waals surface area contributed by atoms with E-state index in [9.17, 15) is 4.39 Å². The average molecular weight is 339 g/mol. The summed E-state index contributed by atoms with van der Waals surface area (Å²) >= 11 is 0. The smallest absolute Gasteiger partial charge is 0.123 e. The number of halogens is 1. The molecule has 1 heterocycles. The molecule has 0 radical (unpaired) electrons. The Morgan fingerprint density at radius 3 is 2.72 bits per heavy atom. The molecule has 3 rings (SSSR count). The number of rotatable bonds is 3. The molecule has 0 aromatic heterocycles. The Labute approximate surface area is 151 Å². The molecule has 0 spiro atoms. The van der Waals surface area contributed by atoms with Gasteiger partial charge in [0, 0.05) is 18.8 Å². The fourth-order valence-corrected chi connectivity index (χ4v) is 4.51. The number of hydrogen-bond donors (Lipinski definition) is 0. The maximum absolute atomic E-state index is 13.6. The zero-order chi connectivity index (χ0) is 18.2. The Balaban J connectivity index is 2.07. The van der Waals surface area contributed by atoms with Gasteiger partial charge in [0.25, 0.3) is 0 Å². The first-order valence-electron chi connectivity index (χ1n) is 9.46. The first-order valence-corrected chi connectivity index (χ1v) is 9.46. The quantitative estimate of drug-likeness (QED) is 0.629. The lowest BCUT2D eigenvalue weighted by Crippen LogP contribution is -2.36. The van der Waals surface area contributed by atoms with Crippen molar-refractivity contribution in [3.63, 3.8) is 0 Å². The van der Waals surface area contributed by atoms with Gasteiger partial charge in [-0.05, 0) is 66.0 Å². The largest absolute Gasteiger partial charge is 0.367 e. The first kappa shape index (κ1) is 18.0. The standard InChI is InChI=1S/C23H30FN/c1-6-20-16(2)10-11-21-22(17(20)3)23(4,5)12-13-25(21)15-18-8-7-9-19(24)14-18/h7-11,14,16H,6,12-13,15H2,1-5H3. The topological polar surface area (TPSA) is 3.24 Å². The molecule has 134 valence electrons. The molecule has 0 fully saturated rings. The molecule has 1 aromatic carbocycles. The third kappa shape index (κ3) is 3.44. The molecule has 1 atom stereocenters. The van der Waals surface area contributed by atoms with Gasteiger partial charge in [0.1, 0.15) is 5.82 Å². The van der Waals surface area contributed by atoms with E-state index in [4.69, 9.17) is 0 Å². The predicted molar refractivity (Wildman–Crippen MR) is 104 cm³/mol. The van der Waals surface area contributed by atoms with Crippen LogP contribution in [0.1, 0.15) is 53.0 Å². The highest BCUT2D eigenvalue weighted by molar-refractivity contribution is 5.49. The van der Waals surface area contributed by atoms with E-state index in [1.807, 2.05) is 6.07 Å². The van der Waals surface area contributed by atoms with E-state index in [1.54, 1.807) is 17.7 Å². The van der Waals surface area contributed by atoms with E-state index in [0.717, 1.165) is 31.5 Å². The summed E-state index contributed by atoms with van der Waals surface area (Å²) in [5.41, 5.74) is 7.02. The molecule has 0 saturated heterocycles. The summed E-state index contributed by atoms with van der Waals surface area (Å²) in [6.07, 6.45) is 6.86. The van der Waals surface area contributed by atoms with Gasteiger partial charge < -0.3 is 4.90 Å². The highest BCUT2D eigenvalue weighted by Crippen LogP contribution is 2.46. The van der Waals surface area contributed by atoms with Crippen LogP contribution in [-0.2, 0) is 6.54 Å². The Morgan fingerprint density at radius 1 is 1.28 bits per heavy atom. The van der Waals surface area contributed by atoms with Crippen molar-refractivity contribution in [3.05, 3.63) is 70.2 Å².